The molecule has 2 aromatic carbocycles. The molecule has 0 fully saturated rings. The van der Waals surface area contributed by atoms with Crippen molar-refractivity contribution in [3.8, 4) is 11.5 Å². The zero-order valence-electron chi connectivity index (χ0n) is 18.7. The third-order valence-corrected chi connectivity index (χ3v) is 5.91. The van der Waals surface area contributed by atoms with Crippen molar-refractivity contribution in [1.82, 2.24) is 10.3 Å². The maximum Gasteiger partial charge on any atom is 0.341 e. The highest BCUT2D eigenvalue weighted by molar-refractivity contribution is 8.00. The van der Waals surface area contributed by atoms with Gasteiger partial charge in [0.05, 0.1) is 11.3 Å². The van der Waals surface area contributed by atoms with Crippen LogP contribution in [0.5, 0.6) is 11.5 Å². The number of fused-ring (bicyclic) bond motifs is 1. The molecule has 10 heteroatoms. The molecule has 0 radical (unpaired) electrons. The number of thioether (sulfide) groups is 1. The smallest absolute Gasteiger partial charge is 0.341 e. The van der Waals surface area contributed by atoms with Gasteiger partial charge in [0, 0.05) is 24.5 Å². The summed E-state index contributed by atoms with van der Waals surface area (Å²) < 4.78 is 15.7. The van der Waals surface area contributed by atoms with Crippen molar-refractivity contribution in [3.05, 3.63) is 78.0 Å². The minimum Gasteiger partial charge on any atom is -0.454 e. The number of rotatable bonds is 10. The molecule has 180 valence electrons. The topological polar surface area (TPSA) is 116 Å². The normalized spacial score (nSPS) is 11.5. The van der Waals surface area contributed by atoms with Crippen LogP contribution in [0, 0.1) is 0 Å². The molecule has 2 heterocycles. The lowest BCUT2D eigenvalue weighted by Gasteiger charge is -2.10. The van der Waals surface area contributed by atoms with E-state index < -0.39 is 18.5 Å². The number of benzene rings is 2. The predicted molar refractivity (Wildman–Crippen MR) is 130 cm³/mol. The van der Waals surface area contributed by atoms with Gasteiger partial charge >= 0.3 is 5.97 Å². The highest BCUT2D eigenvalue weighted by atomic mass is 32.2. The van der Waals surface area contributed by atoms with Gasteiger partial charge in [-0.1, -0.05) is 42.1 Å². The van der Waals surface area contributed by atoms with E-state index in [1.54, 1.807) is 30.3 Å². The first-order valence-electron chi connectivity index (χ1n) is 10.8. The van der Waals surface area contributed by atoms with E-state index in [1.807, 2.05) is 30.3 Å². The molecule has 3 aromatic rings. The van der Waals surface area contributed by atoms with Crippen molar-refractivity contribution in [2.24, 2.45) is 0 Å². The van der Waals surface area contributed by atoms with E-state index in [2.05, 4.69) is 15.6 Å². The number of amides is 2. The number of ether oxygens (including phenoxy) is 3. The van der Waals surface area contributed by atoms with Gasteiger partial charge in [0.1, 0.15) is 5.03 Å². The largest absolute Gasteiger partial charge is 0.454 e. The van der Waals surface area contributed by atoms with E-state index in [-0.39, 0.29) is 24.0 Å². The number of nitrogens with zero attached hydrogens (tertiary/aromatic N) is 1. The summed E-state index contributed by atoms with van der Waals surface area (Å²) in [5, 5.41) is 5.83. The average Bonchev–Trinajstić information content (AvgIpc) is 3.35. The Morgan fingerprint density at radius 2 is 1.80 bits per heavy atom. The number of nitrogens with one attached hydrogen (secondary N) is 2. The molecule has 0 aliphatic carbocycles. The van der Waals surface area contributed by atoms with Crippen LogP contribution >= 0.6 is 11.8 Å². The third kappa shape index (κ3) is 6.97. The fourth-order valence-corrected chi connectivity index (χ4v) is 4.00. The maximum atomic E-state index is 12.5. The summed E-state index contributed by atoms with van der Waals surface area (Å²) in [5.41, 5.74) is 1.86. The van der Waals surface area contributed by atoms with E-state index in [0.29, 0.717) is 35.2 Å². The van der Waals surface area contributed by atoms with Crippen LogP contribution < -0.4 is 20.1 Å². The van der Waals surface area contributed by atoms with E-state index in [4.69, 9.17) is 14.2 Å². The summed E-state index contributed by atoms with van der Waals surface area (Å²) in [5.74, 6) is -0.151. The van der Waals surface area contributed by atoms with E-state index in [9.17, 15) is 14.4 Å². The summed E-state index contributed by atoms with van der Waals surface area (Å²) in [7, 11) is 0. The number of hydrogen-bond donors (Lipinski definition) is 2. The predicted octanol–water partition coefficient (Wildman–Crippen LogP) is 3.06. The lowest BCUT2D eigenvalue weighted by Crippen LogP contribution is -2.30. The van der Waals surface area contributed by atoms with Crippen LogP contribution in [0.3, 0.4) is 0 Å². The molecular formula is C25H23N3O6S. The Morgan fingerprint density at radius 3 is 2.66 bits per heavy atom. The summed E-state index contributed by atoms with van der Waals surface area (Å²) in [6.07, 6.45) is 2.20. The number of pyridine rings is 1. The Morgan fingerprint density at radius 1 is 0.971 bits per heavy atom. The molecule has 9 nitrogen and oxygen atoms in total. The van der Waals surface area contributed by atoms with Gasteiger partial charge in [-0.05, 0) is 36.2 Å². The number of aromatic nitrogens is 1. The van der Waals surface area contributed by atoms with Gasteiger partial charge in [0.25, 0.3) is 5.91 Å². The van der Waals surface area contributed by atoms with Crippen molar-refractivity contribution in [1.29, 1.82) is 0 Å². The van der Waals surface area contributed by atoms with Gasteiger partial charge < -0.3 is 24.8 Å². The molecule has 0 bridgehead atoms. The van der Waals surface area contributed by atoms with Crippen LogP contribution in [0.4, 0.5) is 5.69 Å². The molecule has 1 aliphatic rings. The quantitative estimate of drug-likeness (QED) is 0.327. The lowest BCUT2D eigenvalue weighted by atomic mass is 10.1. The summed E-state index contributed by atoms with van der Waals surface area (Å²) in [4.78, 5) is 41.1. The van der Waals surface area contributed by atoms with Gasteiger partial charge in [-0.25, -0.2) is 9.78 Å². The van der Waals surface area contributed by atoms with Gasteiger partial charge in [0.2, 0.25) is 12.7 Å². The first-order chi connectivity index (χ1) is 17.1. The van der Waals surface area contributed by atoms with Crippen LogP contribution in [0.15, 0.2) is 71.9 Å². The molecule has 35 heavy (non-hydrogen) atoms. The highest BCUT2D eigenvalue weighted by Gasteiger charge is 2.18. The molecule has 0 saturated carbocycles. The van der Waals surface area contributed by atoms with E-state index >= 15 is 0 Å². The summed E-state index contributed by atoms with van der Waals surface area (Å²) in [6, 6.07) is 18.0. The van der Waals surface area contributed by atoms with Crippen molar-refractivity contribution in [2.75, 3.05) is 31.0 Å². The van der Waals surface area contributed by atoms with Crippen molar-refractivity contribution in [2.45, 2.75) is 11.4 Å². The molecule has 1 aliphatic heterocycles. The zero-order chi connectivity index (χ0) is 24.5. The van der Waals surface area contributed by atoms with Crippen LogP contribution in [-0.4, -0.2) is 48.5 Å². The van der Waals surface area contributed by atoms with Crippen molar-refractivity contribution in [3.63, 3.8) is 0 Å². The Balaban J connectivity index is 1.23. The number of carbonyl (C=O) groups is 3. The fourth-order valence-electron chi connectivity index (χ4n) is 3.22. The molecular weight excluding hydrogens is 470 g/mol. The maximum absolute atomic E-state index is 12.5. The summed E-state index contributed by atoms with van der Waals surface area (Å²) >= 11 is 1.09. The molecule has 2 amide bonds. The Hall–Kier alpha value is -4.05. The zero-order valence-corrected chi connectivity index (χ0v) is 19.5. The first kappa shape index (κ1) is 24.1. The Bertz CT molecular complexity index is 1200. The SMILES string of the molecule is O=C(COC(=O)c1cccnc1SCC(=O)Nc1ccc2c(c1)OCO2)NCCc1ccccc1. The standard InChI is InChI=1S/C25H23N3O6S/c29-22(26-12-10-17-5-2-1-3-6-17)14-32-25(31)19-7-4-11-27-24(19)35-15-23(30)28-18-8-9-20-21(13-18)34-16-33-20/h1-9,11,13H,10,12,14-16H2,(H,26,29)(H,28,30). The summed E-state index contributed by atoms with van der Waals surface area (Å²) in [6.45, 7) is 0.181. The van der Waals surface area contributed by atoms with E-state index in [0.717, 1.165) is 17.3 Å². The monoisotopic (exact) mass is 493 g/mol. The van der Waals surface area contributed by atoms with Crippen LogP contribution in [0.1, 0.15) is 15.9 Å². The molecule has 0 unspecified atom stereocenters. The molecule has 1 aromatic heterocycles. The van der Waals surface area contributed by atoms with Crippen LogP contribution in [0.2, 0.25) is 0 Å². The van der Waals surface area contributed by atoms with Crippen molar-refractivity contribution < 1.29 is 28.6 Å². The minimum atomic E-state index is -0.685. The molecule has 0 atom stereocenters. The number of hydrogen-bond acceptors (Lipinski definition) is 8. The van der Waals surface area contributed by atoms with Crippen LogP contribution in [-0.2, 0) is 20.7 Å². The van der Waals surface area contributed by atoms with E-state index in [1.165, 1.54) is 6.20 Å². The van der Waals surface area contributed by atoms with Gasteiger partial charge in [-0.2, -0.15) is 0 Å². The van der Waals surface area contributed by atoms with Gasteiger partial charge in [-0.3, -0.25) is 9.59 Å². The molecule has 0 spiro atoms. The molecule has 0 saturated heterocycles. The number of anilines is 1. The van der Waals surface area contributed by atoms with Gasteiger partial charge in [-0.15, -0.1) is 0 Å². The lowest BCUT2D eigenvalue weighted by molar-refractivity contribution is -0.124. The Labute approximate surface area is 206 Å². The molecule has 2 N–H and O–H groups in total. The third-order valence-electron chi connectivity index (χ3n) is 4.90. The first-order valence-corrected chi connectivity index (χ1v) is 11.8. The van der Waals surface area contributed by atoms with Crippen molar-refractivity contribution >= 4 is 35.2 Å². The fraction of sp³-hybridized carbons (Fsp3) is 0.200. The highest BCUT2D eigenvalue weighted by Crippen LogP contribution is 2.34. The molecule has 4 rings (SSSR count). The average molecular weight is 494 g/mol. The minimum absolute atomic E-state index is 0.0196. The number of carbonyl (C=O) groups excluding carboxylic acids is 3. The number of esters is 1. The Kier molecular flexibility index (Phi) is 8.18. The van der Waals surface area contributed by atoms with Gasteiger partial charge in [0.15, 0.2) is 18.1 Å². The second-order valence-electron chi connectivity index (χ2n) is 7.42. The van der Waals surface area contributed by atoms with Crippen LogP contribution in [0.25, 0.3) is 0 Å². The second-order valence-corrected chi connectivity index (χ2v) is 8.39. The second kappa shape index (κ2) is 11.9.